The molecule has 2 unspecified atom stereocenters. The Morgan fingerprint density at radius 2 is 1.38 bits per heavy atom. The number of halogens is 6. The lowest BCUT2D eigenvalue weighted by molar-refractivity contribution is -0.163. The monoisotopic (exact) mass is 1000 g/mol. The van der Waals surface area contributed by atoms with Gasteiger partial charge in [-0.05, 0) is 141 Å². The Hall–Kier alpha value is -3.30. The van der Waals surface area contributed by atoms with E-state index in [0.29, 0.717) is 56.9 Å². The molecular weight excluding hydrogens is 970 g/mol. The average Bonchev–Trinajstić information content (AvgIpc) is 3.04. The van der Waals surface area contributed by atoms with Crippen LogP contribution < -0.4 is 20.1 Å². The SMILES string of the molecule is CC(=O)Nc1cc(C)cc(COc2c(Br)cc(C(C)CC(=O)OC(=O)C(F)Cc3cc(Br)c(OCc4cccc(NC(C)=O)c4Cl)c(Br)c3)cc2Br)c1. The topological polar surface area (TPSA) is 120 Å². The molecule has 53 heavy (non-hydrogen) atoms. The minimum Gasteiger partial charge on any atom is -0.487 e. The summed E-state index contributed by atoms with van der Waals surface area (Å²) < 4.78 is 34.2. The summed E-state index contributed by atoms with van der Waals surface area (Å²) in [6.07, 6.45) is -2.62. The average molecular weight is 1000 g/mol. The fraction of sp³-hybridized carbons (Fsp3) is 0.263. The van der Waals surface area contributed by atoms with Crippen LogP contribution in [0.15, 0.2) is 78.6 Å². The number of anilines is 2. The molecule has 0 saturated heterocycles. The first-order valence-corrected chi connectivity index (χ1v) is 19.6. The third-order valence-electron chi connectivity index (χ3n) is 7.61. The standard InChI is InChI=1S/C38H34Br4ClFN2O7/c1-19-8-24(11-27(9-19)45-21(3)47)17-51-37-30(41)15-26(16-31(37)42)20(2)10-34(49)53-38(50)32(44)14-23-12-28(39)36(29(40)13-23)52-18-25-6-5-7-33(35(25)43)46-22(4)48/h5-9,11-13,15-16,20,32H,10,14,17-18H2,1-4H3,(H,45,47)(H,46,48). The van der Waals surface area contributed by atoms with Crippen molar-refractivity contribution in [1.82, 2.24) is 0 Å². The molecule has 0 heterocycles. The lowest BCUT2D eigenvalue weighted by atomic mass is 9.98. The molecule has 0 aliphatic heterocycles. The van der Waals surface area contributed by atoms with Gasteiger partial charge in [0.2, 0.25) is 18.0 Å². The molecular formula is C38H34Br4ClFN2O7. The second kappa shape index (κ2) is 19.3. The first kappa shape index (κ1) is 42.4. The number of hydrogen-bond donors (Lipinski definition) is 2. The minimum absolute atomic E-state index is 0.0735. The first-order chi connectivity index (χ1) is 25.0. The van der Waals surface area contributed by atoms with E-state index in [1.165, 1.54) is 13.8 Å². The zero-order valence-electron chi connectivity index (χ0n) is 28.9. The molecule has 15 heteroatoms. The summed E-state index contributed by atoms with van der Waals surface area (Å²) in [5.74, 6) is -2.00. The fourth-order valence-corrected chi connectivity index (χ4v) is 8.44. The van der Waals surface area contributed by atoms with Crippen LogP contribution >= 0.6 is 75.3 Å². The Kier molecular flexibility index (Phi) is 15.5. The Bertz CT molecular complexity index is 2000. The molecule has 0 aliphatic rings. The molecule has 2 N–H and O–H groups in total. The van der Waals surface area contributed by atoms with E-state index in [-0.39, 0.29) is 43.8 Å². The van der Waals surface area contributed by atoms with Crippen LogP contribution in [0.4, 0.5) is 15.8 Å². The van der Waals surface area contributed by atoms with Crippen LogP contribution in [0.3, 0.4) is 0 Å². The van der Waals surface area contributed by atoms with Gasteiger partial charge in [-0.3, -0.25) is 14.4 Å². The van der Waals surface area contributed by atoms with Gasteiger partial charge in [-0.15, -0.1) is 0 Å². The van der Waals surface area contributed by atoms with Crippen LogP contribution in [-0.2, 0) is 43.5 Å². The Morgan fingerprint density at radius 1 is 0.792 bits per heavy atom. The van der Waals surface area contributed by atoms with Crippen molar-refractivity contribution in [1.29, 1.82) is 0 Å². The number of carbonyl (C=O) groups is 4. The van der Waals surface area contributed by atoms with Gasteiger partial charge >= 0.3 is 11.9 Å². The van der Waals surface area contributed by atoms with Crippen LogP contribution in [0.2, 0.25) is 5.02 Å². The smallest absolute Gasteiger partial charge is 0.348 e. The lowest BCUT2D eigenvalue weighted by Crippen LogP contribution is -2.25. The summed E-state index contributed by atoms with van der Waals surface area (Å²) in [6, 6.07) is 17.6. The van der Waals surface area contributed by atoms with Crippen LogP contribution in [-0.4, -0.2) is 29.9 Å². The zero-order chi connectivity index (χ0) is 39.0. The molecule has 2 amide bonds. The van der Waals surface area contributed by atoms with Gasteiger partial charge in [-0.25, -0.2) is 9.18 Å². The van der Waals surface area contributed by atoms with Crippen molar-refractivity contribution >= 4 is 110 Å². The van der Waals surface area contributed by atoms with Gasteiger partial charge in [-0.1, -0.05) is 36.7 Å². The predicted octanol–water partition coefficient (Wildman–Crippen LogP) is 10.9. The second-order valence-corrected chi connectivity index (χ2v) is 16.0. The number of benzene rings is 4. The summed E-state index contributed by atoms with van der Waals surface area (Å²) in [6.45, 7) is 6.85. The van der Waals surface area contributed by atoms with E-state index in [1.807, 2.05) is 25.1 Å². The maximum atomic E-state index is 15.1. The summed E-state index contributed by atoms with van der Waals surface area (Å²) in [7, 11) is 0. The lowest BCUT2D eigenvalue weighted by Gasteiger charge is -2.17. The van der Waals surface area contributed by atoms with Crippen LogP contribution in [0.25, 0.3) is 0 Å². The zero-order valence-corrected chi connectivity index (χ0v) is 36.0. The van der Waals surface area contributed by atoms with Crippen molar-refractivity contribution in [2.24, 2.45) is 0 Å². The van der Waals surface area contributed by atoms with Gasteiger partial charge < -0.3 is 24.8 Å². The fourth-order valence-electron chi connectivity index (χ4n) is 5.25. The molecule has 0 radical (unpaired) electrons. The summed E-state index contributed by atoms with van der Waals surface area (Å²) in [4.78, 5) is 48.2. The van der Waals surface area contributed by atoms with Crippen LogP contribution in [0, 0.1) is 6.92 Å². The molecule has 280 valence electrons. The second-order valence-electron chi connectivity index (χ2n) is 12.2. The van der Waals surface area contributed by atoms with E-state index in [4.69, 9.17) is 25.8 Å². The Labute approximate surface area is 345 Å². The van der Waals surface area contributed by atoms with Crippen LogP contribution in [0.1, 0.15) is 60.9 Å². The molecule has 0 bridgehead atoms. The van der Waals surface area contributed by atoms with Gasteiger partial charge in [0.05, 0.1) is 35.0 Å². The largest absolute Gasteiger partial charge is 0.487 e. The number of carbonyl (C=O) groups excluding carboxylic acids is 4. The molecule has 0 aliphatic carbocycles. The maximum Gasteiger partial charge on any atom is 0.348 e. The van der Waals surface area contributed by atoms with Crippen molar-refractivity contribution in [2.75, 3.05) is 10.6 Å². The predicted molar refractivity (Wildman–Crippen MR) is 216 cm³/mol. The van der Waals surface area contributed by atoms with Crippen molar-refractivity contribution < 1.29 is 37.8 Å². The van der Waals surface area contributed by atoms with E-state index in [1.54, 1.807) is 49.4 Å². The highest BCUT2D eigenvalue weighted by molar-refractivity contribution is 9.11. The molecule has 0 fully saturated rings. The number of aryl methyl sites for hydroxylation is 1. The molecule has 2 atom stereocenters. The highest BCUT2D eigenvalue weighted by atomic mass is 79.9. The molecule has 4 rings (SSSR count). The molecule has 0 spiro atoms. The number of hydrogen-bond acceptors (Lipinski definition) is 7. The highest BCUT2D eigenvalue weighted by Crippen LogP contribution is 2.39. The highest BCUT2D eigenvalue weighted by Gasteiger charge is 2.25. The Morgan fingerprint density at radius 3 is 1.98 bits per heavy atom. The van der Waals surface area contributed by atoms with E-state index in [9.17, 15) is 19.2 Å². The van der Waals surface area contributed by atoms with Gasteiger partial charge in [0, 0.05) is 31.5 Å². The van der Waals surface area contributed by atoms with Crippen molar-refractivity contribution in [3.63, 3.8) is 0 Å². The van der Waals surface area contributed by atoms with Gasteiger partial charge in [-0.2, -0.15) is 0 Å². The number of alkyl halides is 1. The summed E-state index contributed by atoms with van der Waals surface area (Å²) in [5, 5.41) is 5.78. The van der Waals surface area contributed by atoms with Gasteiger partial charge in [0.15, 0.2) is 0 Å². The molecule has 0 saturated carbocycles. The van der Waals surface area contributed by atoms with E-state index >= 15 is 4.39 Å². The number of amides is 2. The number of esters is 2. The third-order valence-corrected chi connectivity index (χ3v) is 10.4. The van der Waals surface area contributed by atoms with E-state index in [2.05, 4.69) is 74.4 Å². The number of ether oxygens (including phenoxy) is 3. The quantitative estimate of drug-likeness (QED) is 0.0953. The third kappa shape index (κ3) is 12.4. The van der Waals surface area contributed by atoms with Crippen molar-refractivity contribution in [3.8, 4) is 11.5 Å². The van der Waals surface area contributed by atoms with Gasteiger partial charge in [0.1, 0.15) is 24.7 Å². The van der Waals surface area contributed by atoms with Crippen LogP contribution in [0.5, 0.6) is 11.5 Å². The maximum absolute atomic E-state index is 15.1. The summed E-state index contributed by atoms with van der Waals surface area (Å²) >= 11 is 20.4. The molecule has 0 aromatic heterocycles. The normalized spacial score (nSPS) is 12.0. The first-order valence-electron chi connectivity index (χ1n) is 16.0. The van der Waals surface area contributed by atoms with Crippen molar-refractivity contribution in [3.05, 3.63) is 111 Å². The van der Waals surface area contributed by atoms with Gasteiger partial charge in [0.25, 0.3) is 0 Å². The number of rotatable bonds is 14. The number of nitrogens with one attached hydrogen (secondary N) is 2. The summed E-state index contributed by atoms with van der Waals surface area (Å²) in [5.41, 5.74) is 4.79. The van der Waals surface area contributed by atoms with E-state index in [0.717, 1.165) is 16.7 Å². The molecule has 9 nitrogen and oxygen atoms in total. The van der Waals surface area contributed by atoms with E-state index < -0.39 is 18.1 Å². The molecule has 4 aromatic rings. The minimum atomic E-state index is -2.10. The molecule has 4 aromatic carbocycles. The Balaban J connectivity index is 1.31. The van der Waals surface area contributed by atoms with Crippen molar-refractivity contribution in [2.45, 2.75) is 65.8 Å².